The number of aryl methyl sites for hydroxylation is 2. The maximum atomic E-state index is 4.80. The second-order valence-electron chi connectivity index (χ2n) is 8.70. The summed E-state index contributed by atoms with van der Waals surface area (Å²) in [6.45, 7) is 9.70. The van der Waals surface area contributed by atoms with Crippen molar-refractivity contribution in [2.45, 2.75) is 20.4 Å². The minimum Gasteiger partial charge on any atom is -0.329 e. The molecular formula is C25H33N6P. The van der Waals surface area contributed by atoms with Crippen LogP contribution in [-0.2, 0) is 6.54 Å². The molecule has 1 atom stereocenters. The van der Waals surface area contributed by atoms with Gasteiger partial charge in [0.15, 0.2) is 0 Å². The summed E-state index contributed by atoms with van der Waals surface area (Å²) in [7, 11) is 7.01. The second-order valence-corrected chi connectivity index (χ2v) is 9.32. The molecule has 2 heterocycles. The van der Waals surface area contributed by atoms with Gasteiger partial charge in [0, 0.05) is 62.9 Å². The minimum atomic E-state index is 0.601. The third-order valence-corrected chi connectivity index (χ3v) is 6.76. The van der Waals surface area contributed by atoms with E-state index >= 15 is 0 Å². The van der Waals surface area contributed by atoms with E-state index in [-0.39, 0.29) is 0 Å². The Morgan fingerprint density at radius 3 is 2.41 bits per heavy atom. The van der Waals surface area contributed by atoms with Gasteiger partial charge in [-0.1, -0.05) is 18.2 Å². The lowest BCUT2D eigenvalue weighted by atomic mass is 10.2. The van der Waals surface area contributed by atoms with Crippen molar-refractivity contribution in [1.82, 2.24) is 19.8 Å². The van der Waals surface area contributed by atoms with Crippen LogP contribution in [0.4, 0.5) is 23.1 Å². The van der Waals surface area contributed by atoms with Crippen LogP contribution in [0, 0.1) is 13.8 Å². The van der Waals surface area contributed by atoms with E-state index in [2.05, 4.69) is 90.7 Å². The van der Waals surface area contributed by atoms with Gasteiger partial charge in [0.2, 0.25) is 5.95 Å². The van der Waals surface area contributed by atoms with Gasteiger partial charge in [0.1, 0.15) is 5.82 Å². The number of aromatic nitrogens is 2. The van der Waals surface area contributed by atoms with E-state index < -0.39 is 0 Å². The number of hydrogen-bond acceptors (Lipinski definition) is 6. The second kappa shape index (κ2) is 9.95. The molecule has 1 fully saturated rings. The molecular weight excluding hydrogens is 415 g/mol. The van der Waals surface area contributed by atoms with Crippen molar-refractivity contribution >= 4 is 37.7 Å². The SMILES string of the molecule is Cc1cc(N(C)c2nc(Nc3ccc(CN4CCN(C)CC4)cc3)ncc2C)ccc1P. The molecule has 0 saturated carbocycles. The first-order valence-corrected chi connectivity index (χ1v) is 11.7. The van der Waals surface area contributed by atoms with Gasteiger partial charge in [0.25, 0.3) is 0 Å². The number of nitrogens with one attached hydrogen (secondary N) is 1. The number of hydrogen-bond donors (Lipinski definition) is 1. The molecule has 0 amide bonds. The largest absolute Gasteiger partial charge is 0.329 e. The van der Waals surface area contributed by atoms with Gasteiger partial charge in [-0.3, -0.25) is 4.90 Å². The molecule has 1 unspecified atom stereocenters. The van der Waals surface area contributed by atoms with Crippen LogP contribution in [0.25, 0.3) is 0 Å². The Kier molecular flexibility index (Phi) is 7.04. The van der Waals surface area contributed by atoms with Crippen LogP contribution < -0.4 is 15.5 Å². The molecule has 6 nitrogen and oxygen atoms in total. The molecule has 32 heavy (non-hydrogen) atoms. The number of benzene rings is 2. The van der Waals surface area contributed by atoms with Crippen LogP contribution in [0.3, 0.4) is 0 Å². The first-order chi connectivity index (χ1) is 15.4. The van der Waals surface area contributed by atoms with Gasteiger partial charge in [-0.2, -0.15) is 4.98 Å². The highest BCUT2D eigenvalue weighted by molar-refractivity contribution is 7.27. The maximum absolute atomic E-state index is 4.80. The Balaban J connectivity index is 1.45. The summed E-state index contributed by atoms with van der Waals surface area (Å²) in [5.41, 5.74) is 5.70. The van der Waals surface area contributed by atoms with Crippen LogP contribution in [-0.4, -0.2) is 60.0 Å². The topological polar surface area (TPSA) is 47.5 Å². The van der Waals surface area contributed by atoms with E-state index in [1.807, 2.05) is 20.2 Å². The zero-order valence-electron chi connectivity index (χ0n) is 19.5. The van der Waals surface area contributed by atoms with Crippen LogP contribution in [0.1, 0.15) is 16.7 Å². The maximum Gasteiger partial charge on any atom is 0.229 e. The van der Waals surface area contributed by atoms with E-state index in [1.165, 1.54) is 16.4 Å². The molecule has 0 radical (unpaired) electrons. The molecule has 7 heteroatoms. The number of rotatable bonds is 6. The fraction of sp³-hybridized carbons (Fsp3) is 0.360. The quantitative estimate of drug-likeness (QED) is 0.578. The van der Waals surface area contributed by atoms with Crippen LogP contribution >= 0.6 is 9.24 Å². The molecule has 1 aliphatic rings. The van der Waals surface area contributed by atoms with Crippen molar-refractivity contribution in [2.75, 3.05) is 50.5 Å². The molecule has 1 saturated heterocycles. The molecule has 1 N–H and O–H groups in total. The summed E-state index contributed by atoms with van der Waals surface area (Å²) in [6.07, 6.45) is 1.87. The van der Waals surface area contributed by atoms with E-state index in [1.54, 1.807) is 0 Å². The summed E-state index contributed by atoms with van der Waals surface area (Å²) in [4.78, 5) is 16.3. The van der Waals surface area contributed by atoms with E-state index in [0.717, 1.165) is 55.5 Å². The fourth-order valence-electron chi connectivity index (χ4n) is 3.91. The summed E-state index contributed by atoms with van der Waals surface area (Å²) in [5, 5.41) is 4.57. The van der Waals surface area contributed by atoms with Gasteiger partial charge < -0.3 is 15.1 Å². The minimum absolute atomic E-state index is 0.601. The number of anilines is 4. The average molecular weight is 449 g/mol. The first kappa shape index (κ1) is 22.7. The Labute approximate surface area is 193 Å². The Hall–Kier alpha value is -2.53. The third-order valence-electron chi connectivity index (χ3n) is 6.12. The van der Waals surface area contributed by atoms with Crippen molar-refractivity contribution in [2.24, 2.45) is 0 Å². The molecule has 0 bridgehead atoms. The fourth-order valence-corrected chi connectivity index (χ4v) is 4.09. The lowest BCUT2D eigenvalue weighted by Gasteiger charge is -2.32. The van der Waals surface area contributed by atoms with E-state index in [4.69, 9.17) is 4.98 Å². The van der Waals surface area contributed by atoms with Crippen LogP contribution in [0.2, 0.25) is 0 Å². The molecule has 1 aromatic heterocycles. The zero-order valence-corrected chi connectivity index (χ0v) is 20.6. The Morgan fingerprint density at radius 2 is 1.72 bits per heavy atom. The Morgan fingerprint density at radius 1 is 1.00 bits per heavy atom. The lowest BCUT2D eigenvalue weighted by molar-refractivity contribution is 0.148. The molecule has 2 aromatic carbocycles. The van der Waals surface area contributed by atoms with Gasteiger partial charge in [-0.15, -0.1) is 9.24 Å². The molecule has 168 valence electrons. The molecule has 0 aliphatic carbocycles. The van der Waals surface area contributed by atoms with Crippen LogP contribution in [0.5, 0.6) is 0 Å². The predicted octanol–water partition coefficient (Wildman–Crippen LogP) is 3.85. The highest BCUT2D eigenvalue weighted by Crippen LogP contribution is 2.27. The highest BCUT2D eigenvalue weighted by atomic mass is 31.0. The van der Waals surface area contributed by atoms with Crippen molar-refractivity contribution in [3.63, 3.8) is 0 Å². The van der Waals surface area contributed by atoms with Crippen molar-refractivity contribution in [3.05, 3.63) is 65.4 Å². The van der Waals surface area contributed by atoms with Gasteiger partial charge in [0.05, 0.1) is 0 Å². The van der Waals surface area contributed by atoms with E-state index in [9.17, 15) is 0 Å². The summed E-state index contributed by atoms with van der Waals surface area (Å²) < 4.78 is 0. The lowest BCUT2D eigenvalue weighted by Crippen LogP contribution is -2.43. The zero-order chi connectivity index (χ0) is 22.7. The number of nitrogens with zero attached hydrogens (tertiary/aromatic N) is 5. The Bertz CT molecular complexity index is 1060. The van der Waals surface area contributed by atoms with E-state index in [0.29, 0.717) is 5.95 Å². The standard InChI is InChI=1S/C25H33N6P/c1-18-15-22(9-10-23(18)32)30(4)24-19(2)16-26-25(28-24)27-21-7-5-20(6-8-21)17-31-13-11-29(3)12-14-31/h5-10,15-16H,11-14,17,32H2,1-4H3,(H,26,27,28). The summed E-state index contributed by atoms with van der Waals surface area (Å²) in [6, 6.07) is 15.0. The number of likely N-dealkylation sites (N-methyl/N-ethyl adjacent to an activating group) is 1. The molecule has 1 aliphatic heterocycles. The van der Waals surface area contributed by atoms with Crippen LogP contribution in [0.15, 0.2) is 48.7 Å². The average Bonchev–Trinajstić information content (AvgIpc) is 2.79. The normalized spacial score (nSPS) is 15.0. The third kappa shape index (κ3) is 5.44. The van der Waals surface area contributed by atoms with Crippen molar-refractivity contribution in [3.8, 4) is 0 Å². The van der Waals surface area contributed by atoms with Crippen molar-refractivity contribution < 1.29 is 0 Å². The van der Waals surface area contributed by atoms with Gasteiger partial charge in [-0.25, -0.2) is 4.98 Å². The number of piperazine rings is 1. The molecule has 0 spiro atoms. The van der Waals surface area contributed by atoms with Gasteiger partial charge in [-0.05, 0) is 61.6 Å². The highest BCUT2D eigenvalue weighted by Gasteiger charge is 2.14. The summed E-state index contributed by atoms with van der Waals surface area (Å²) >= 11 is 0. The monoisotopic (exact) mass is 448 g/mol. The summed E-state index contributed by atoms with van der Waals surface area (Å²) in [5.74, 6) is 1.49. The van der Waals surface area contributed by atoms with Crippen molar-refractivity contribution in [1.29, 1.82) is 0 Å². The van der Waals surface area contributed by atoms with Gasteiger partial charge >= 0.3 is 0 Å². The molecule has 3 aromatic rings. The smallest absolute Gasteiger partial charge is 0.229 e. The first-order valence-electron chi connectivity index (χ1n) is 11.1. The predicted molar refractivity (Wildman–Crippen MR) is 138 cm³/mol. The molecule has 4 rings (SSSR count).